The smallest absolute Gasteiger partial charge is 0.333 e. The summed E-state index contributed by atoms with van der Waals surface area (Å²) in [5.41, 5.74) is 22.1. The number of anilines is 3. The number of para-hydroxylation sites is 1. The van der Waals surface area contributed by atoms with Gasteiger partial charge in [0.15, 0.2) is 5.58 Å². The first-order valence-corrected chi connectivity index (χ1v) is 28.1. The number of hydrogen-bond donors (Lipinski definition) is 0. The molecule has 0 spiro atoms. The SMILES string of the molecule is CCC1(c2ccc3c(c2)c2cc(C45CCC(C)C(CC(C)C4)C5)cc4c2n3B2c3cc(-c5ccccc5)ccc3N(c3ccc(-c5ccccc5)cc3)c3c2c-4cc2c3oc3ccccc32)CC2CCC(C2)C1. The molecule has 8 aromatic carbocycles. The molecule has 6 aliphatic rings. The molecule has 16 rings (SSSR count). The number of nitrogens with zero attached hydrogens (tertiary/aromatic N) is 2. The molecule has 3 nitrogen and oxygen atoms in total. The minimum atomic E-state index is -0.0937. The quantitative estimate of drug-likeness (QED) is 0.155. The average molecular weight is 947 g/mol. The van der Waals surface area contributed by atoms with Gasteiger partial charge >= 0.3 is 6.85 Å². The van der Waals surface area contributed by atoms with Crippen molar-refractivity contribution in [2.24, 2.45) is 29.6 Å². The van der Waals surface area contributed by atoms with Crippen molar-refractivity contribution >= 4 is 78.6 Å². The molecule has 73 heavy (non-hydrogen) atoms. The fourth-order valence-electron chi connectivity index (χ4n) is 17.1. The second-order valence-electron chi connectivity index (χ2n) is 24.4. The highest BCUT2D eigenvalue weighted by Crippen LogP contribution is 2.58. The Kier molecular flexibility index (Phi) is 9.14. The fourth-order valence-corrected chi connectivity index (χ4v) is 17.1. The van der Waals surface area contributed by atoms with Gasteiger partial charge in [0.25, 0.3) is 0 Å². The van der Waals surface area contributed by atoms with Gasteiger partial charge in [0.05, 0.1) is 5.69 Å². The van der Waals surface area contributed by atoms with Crippen LogP contribution in [0.3, 0.4) is 0 Å². The summed E-state index contributed by atoms with van der Waals surface area (Å²) in [5, 5.41) is 5.28. The molecule has 6 atom stereocenters. The van der Waals surface area contributed by atoms with Gasteiger partial charge in [0, 0.05) is 49.5 Å². The molecule has 4 aliphatic carbocycles. The van der Waals surface area contributed by atoms with E-state index in [0.717, 1.165) is 46.4 Å². The van der Waals surface area contributed by atoms with Crippen molar-refractivity contribution in [3.63, 3.8) is 0 Å². The van der Waals surface area contributed by atoms with E-state index < -0.39 is 0 Å². The van der Waals surface area contributed by atoms with Crippen molar-refractivity contribution < 1.29 is 4.42 Å². The van der Waals surface area contributed by atoms with E-state index in [1.807, 2.05) is 0 Å². The third-order valence-corrected chi connectivity index (χ3v) is 20.4. The predicted octanol–water partition coefficient (Wildman–Crippen LogP) is 17.4. The third-order valence-electron chi connectivity index (χ3n) is 20.4. The van der Waals surface area contributed by atoms with Crippen LogP contribution in [-0.4, -0.2) is 11.3 Å². The maximum atomic E-state index is 7.28. The Bertz CT molecular complexity index is 3870. The van der Waals surface area contributed by atoms with Crippen LogP contribution in [0.2, 0.25) is 0 Å². The normalized spacial score (nSPS) is 25.7. The topological polar surface area (TPSA) is 21.3 Å². The highest BCUT2D eigenvalue weighted by atomic mass is 16.3. The van der Waals surface area contributed by atoms with Gasteiger partial charge < -0.3 is 13.8 Å². The number of benzene rings is 8. The fraction of sp³-hybridized carbons (Fsp3) is 0.304. The van der Waals surface area contributed by atoms with Gasteiger partial charge in [-0.05, 0) is 203 Å². The van der Waals surface area contributed by atoms with Crippen LogP contribution in [0.1, 0.15) is 103 Å². The Morgan fingerprint density at radius 3 is 2.08 bits per heavy atom. The lowest BCUT2D eigenvalue weighted by Crippen LogP contribution is -2.56. The van der Waals surface area contributed by atoms with Gasteiger partial charge in [0.2, 0.25) is 0 Å². The molecular formula is C69H63BN2O. The molecule has 358 valence electrons. The second kappa shape index (κ2) is 15.6. The van der Waals surface area contributed by atoms with E-state index in [4.69, 9.17) is 4.42 Å². The molecule has 2 aliphatic heterocycles. The van der Waals surface area contributed by atoms with Crippen molar-refractivity contribution in [2.45, 2.75) is 102 Å². The summed E-state index contributed by atoms with van der Waals surface area (Å²) in [7, 11) is 0. The van der Waals surface area contributed by atoms with E-state index in [-0.39, 0.29) is 17.7 Å². The lowest BCUT2D eigenvalue weighted by molar-refractivity contribution is 0.0689. The van der Waals surface area contributed by atoms with Crippen LogP contribution in [0.25, 0.3) is 77.1 Å². The zero-order valence-corrected chi connectivity index (χ0v) is 42.6. The third kappa shape index (κ3) is 6.13. The number of furan rings is 1. The highest BCUT2D eigenvalue weighted by molar-refractivity contribution is 6.90. The summed E-state index contributed by atoms with van der Waals surface area (Å²) in [5.74, 6) is 4.02. The Labute approximate surface area is 430 Å². The lowest BCUT2D eigenvalue weighted by atomic mass is 9.44. The minimum Gasteiger partial charge on any atom is -0.454 e. The molecule has 4 fully saturated rings. The monoisotopic (exact) mass is 947 g/mol. The van der Waals surface area contributed by atoms with E-state index in [1.54, 1.807) is 11.1 Å². The van der Waals surface area contributed by atoms with E-state index in [9.17, 15) is 0 Å². The van der Waals surface area contributed by atoms with Gasteiger partial charge in [-0.3, -0.25) is 0 Å². The van der Waals surface area contributed by atoms with E-state index in [1.165, 1.54) is 159 Å². The standard InChI is InChI=1S/C69H63BN2O/c1-4-68(39-44-19-20-45(32-44)40-68)51-24-28-61-55(34-51)57-35-52(69-30-29-43(3)50(41-69)31-42(2)38-69)36-58-56-37-59-54-17-11-12-18-63(54)73-67(59)66-64(56)70(72(61)65(57)58)60-33-49(47-15-9-6-10-16-47)23-27-62(60)71(66)53-25-21-48(22-26-53)46-13-7-5-8-14-46/h5-18,21-28,33-37,42-45,50H,4,19-20,29-32,38-41H2,1-3H3. The van der Waals surface area contributed by atoms with Crippen LogP contribution in [-0.2, 0) is 10.8 Å². The first-order valence-electron chi connectivity index (χ1n) is 28.1. The number of hydrogen-bond acceptors (Lipinski definition) is 2. The van der Waals surface area contributed by atoms with Crippen molar-refractivity contribution in [3.05, 3.63) is 175 Å². The van der Waals surface area contributed by atoms with Crippen molar-refractivity contribution in [1.82, 2.24) is 4.48 Å². The van der Waals surface area contributed by atoms with Crippen LogP contribution in [0, 0.1) is 29.6 Å². The van der Waals surface area contributed by atoms with Crippen molar-refractivity contribution in [2.75, 3.05) is 4.90 Å². The first kappa shape index (κ1) is 42.7. The predicted molar refractivity (Wildman–Crippen MR) is 307 cm³/mol. The second-order valence-corrected chi connectivity index (χ2v) is 24.4. The summed E-state index contributed by atoms with van der Waals surface area (Å²) in [6.07, 6.45) is 14.7. The molecular weight excluding hydrogens is 884 g/mol. The summed E-state index contributed by atoms with van der Waals surface area (Å²) in [6, 6.07) is 63.2. The van der Waals surface area contributed by atoms with Crippen LogP contribution >= 0.6 is 0 Å². The van der Waals surface area contributed by atoms with Crippen molar-refractivity contribution in [1.29, 1.82) is 0 Å². The summed E-state index contributed by atoms with van der Waals surface area (Å²) in [4.78, 5) is 2.58. The van der Waals surface area contributed by atoms with Crippen LogP contribution in [0.5, 0.6) is 0 Å². The molecule has 0 N–H and O–H groups in total. The van der Waals surface area contributed by atoms with Gasteiger partial charge in [-0.15, -0.1) is 0 Å². The Balaban J connectivity index is 1.03. The van der Waals surface area contributed by atoms with E-state index >= 15 is 0 Å². The largest absolute Gasteiger partial charge is 0.454 e. The molecule has 0 saturated heterocycles. The molecule has 10 aromatic rings. The Morgan fingerprint density at radius 1 is 0.589 bits per heavy atom. The van der Waals surface area contributed by atoms with E-state index in [2.05, 4.69) is 194 Å². The molecule has 4 bridgehead atoms. The van der Waals surface area contributed by atoms with Crippen LogP contribution < -0.4 is 15.8 Å². The first-order chi connectivity index (χ1) is 35.8. The molecule has 0 amide bonds. The molecule has 4 saturated carbocycles. The maximum Gasteiger partial charge on any atom is 0.333 e. The maximum absolute atomic E-state index is 7.28. The van der Waals surface area contributed by atoms with E-state index in [0.29, 0.717) is 0 Å². The molecule has 4 heterocycles. The van der Waals surface area contributed by atoms with Crippen LogP contribution in [0.15, 0.2) is 168 Å². The number of rotatable bonds is 6. The average Bonchev–Trinajstić information content (AvgIpc) is 4.11. The van der Waals surface area contributed by atoms with Crippen molar-refractivity contribution in [3.8, 4) is 33.4 Å². The van der Waals surface area contributed by atoms with Gasteiger partial charge in [-0.2, -0.15) is 0 Å². The van der Waals surface area contributed by atoms with Gasteiger partial charge in [-0.25, -0.2) is 0 Å². The molecule has 4 heteroatoms. The lowest BCUT2D eigenvalue weighted by Gasteiger charge is -2.51. The highest BCUT2D eigenvalue weighted by Gasteiger charge is 2.49. The Hall–Kier alpha value is -6.78. The Morgan fingerprint density at radius 2 is 1.30 bits per heavy atom. The minimum absolute atomic E-state index is 0.0937. The summed E-state index contributed by atoms with van der Waals surface area (Å²) >= 11 is 0. The zero-order chi connectivity index (χ0) is 48.3. The molecule has 2 aromatic heterocycles. The zero-order valence-electron chi connectivity index (χ0n) is 42.6. The van der Waals surface area contributed by atoms with Crippen LogP contribution in [0.4, 0.5) is 17.1 Å². The van der Waals surface area contributed by atoms with Gasteiger partial charge in [0.1, 0.15) is 5.58 Å². The van der Waals surface area contributed by atoms with Gasteiger partial charge in [-0.1, -0.05) is 143 Å². The summed E-state index contributed by atoms with van der Waals surface area (Å²) < 4.78 is 10.1. The number of fused-ring (bicyclic) bond motifs is 15. The number of aromatic nitrogens is 1. The summed E-state index contributed by atoms with van der Waals surface area (Å²) in [6.45, 7) is 7.51. The molecule has 6 unspecified atom stereocenters. The molecule has 0 radical (unpaired) electrons.